The molecule has 2 atom stereocenters. The Bertz CT molecular complexity index is 1020. The maximum Gasteiger partial charge on any atom is 0.251 e. The third-order valence-corrected chi connectivity index (χ3v) is 7.83. The number of amides is 1. The van der Waals surface area contributed by atoms with E-state index in [2.05, 4.69) is 10.0 Å². The molecule has 9 heteroatoms. The Balaban J connectivity index is 1.42. The van der Waals surface area contributed by atoms with E-state index in [1.165, 1.54) is 36.4 Å². The highest BCUT2D eigenvalue weighted by atomic mass is 32.2. The van der Waals surface area contributed by atoms with Gasteiger partial charge in [0.1, 0.15) is 5.82 Å². The van der Waals surface area contributed by atoms with Crippen LogP contribution in [0.25, 0.3) is 0 Å². The molecule has 2 heterocycles. The van der Waals surface area contributed by atoms with Crippen LogP contribution in [0.5, 0.6) is 0 Å². The van der Waals surface area contributed by atoms with E-state index >= 15 is 0 Å². The molecule has 2 aliphatic heterocycles. The summed E-state index contributed by atoms with van der Waals surface area (Å²) in [7, 11) is -3.67. The van der Waals surface area contributed by atoms with Crippen molar-refractivity contribution >= 4 is 27.7 Å². The van der Waals surface area contributed by atoms with E-state index in [-0.39, 0.29) is 35.3 Å². The van der Waals surface area contributed by atoms with Gasteiger partial charge in [0.05, 0.1) is 17.0 Å². The first-order chi connectivity index (χ1) is 14.4. The number of rotatable bonds is 6. The summed E-state index contributed by atoms with van der Waals surface area (Å²) in [5, 5.41) is 2.94. The molecular formula is C21H23FN2O4S2. The van der Waals surface area contributed by atoms with E-state index in [0.717, 1.165) is 29.1 Å². The monoisotopic (exact) mass is 450 g/mol. The van der Waals surface area contributed by atoms with Gasteiger partial charge in [0, 0.05) is 29.4 Å². The number of hydrogen-bond acceptors (Lipinski definition) is 5. The van der Waals surface area contributed by atoms with E-state index < -0.39 is 10.0 Å². The van der Waals surface area contributed by atoms with E-state index in [9.17, 15) is 17.6 Å². The number of ether oxygens (including phenoxy) is 1. The van der Waals surface area contributed by atoms with Gasteiger partial charge in [-0.25, -0.2) is 17.5 Å². The predicted molar refractivity (Wildman–Crippen MR) is 113 cm³/mol. The average molecular weight is 451 g/mol. The van der Waals surface area contributed by atoms with Gasteiger partial charge in [-0.15, -0.1) is 11.8 Å². The van der Waals surface area contributed by atoms with Crippen molar-refractivity contribution in [3.05, 3.63) is 59.4 Å². The Kier molecular flexibility index (Phi) is 6.43. The van der Waals surface area contributed by atoms with Gasteiger partial charge in [-0.2, -0.15) is 0 Å². The van der Waals surface area contributed by atoms with Gasteiger partial charge >= 0.3 is 0 Å². The summed E-state index contributed by atoms with van der Waals surface area (Å²) in [6.07, 6.45) is 2.39. The van der Waals surface area contributed by atoms with Crippen LogP contribution in [0.2, 0.25) is 0 Å². The molecule has 2 aromatic rings. The molecule has 0 saturated carbocycles. The van der Waals surface area contributed by atoms with Gasteiger partial charge in [0.2, 0.25) is 10.0 Å². The molecule has 2 N–H and O–H groups in total. The van der Waals surface area contributed by atoms with E-state index in [4.69, 9.17) is 4.74 Å². The van der Waals surface area contributed by atoms with E-state index in [1.54, 1.807) is 17.8 Å². The van der Waals surface area contributed by atoms with Crippen LogP contribution in [-0.2, 0) is 14.8 Å². The van der Waals surface area contributed by atoms with E-state index in [1.807, 2.05) is 0 Å². The zero-order valence-electron chi connectivity index (χ0n) is 16.3. The smallest absolute Gasteiger partial charge is 0.251 e. The lowest BCUT2D eigenvalue weighted by atomic mass is 10.0. The number of nitrogens with one attached hydrogen (secondary N) is 2. The normalized spacial score (nSPS) is 21.2. The van der Waals surface area contributed by atoms with Crippen LogP contribution in [0.1, 0.15) is 41.2 Å². The van der Waals surface area contributed by atoms with Gasteiger partial charge in [-0.1, -0.05) is 0 Å². The number of fused-ring (bicyclic) bond motifs is 1. The molecule has 4 rings (SSSR count). The van der Waals surface area contributed by atoms with Crippen LogP contribution in [0.15, 0.2) is 52.3 Å². The molecule has 1 fully saturated rings. The maximum atomic E-state index is 13.7. The highest BCUT2D eigenvalue weighted by molar-refractivity contribution is 7.99. The summed E-state index contributed by atoms with van der Waals surface area (Å²) in [6.45, 7) is 0.896. The molecule has 0 aromatic heterocycles. The Morgan fingerprint density at radius 3 is 2.70 bits per heavy atom. The lowest BCUT2D eigenvalue weighted by molar-refractivity contribution is 0.0934. The second-order valence-corrected chi connectivity index (χ2v) is 10.3. The fourth-order valence-corrected chi connectivity index (χ4v) is 5.81. The molecule has 1 amide bonds. The van der Waals surface area contributed by atoms with Crippen LogP contribution in [0, 0.1) is 5.82 Å². The van der Waals surface area contributed by atoms with Crippen molar-refractivity contribution in [3.63, 3.8) is 0 Å². The van der Waals surface area contributed by atoms with Crippen LogP contribution >= 0.6 is 11.8 Å². The van der Waals surface area contributed by atoms with Crippen LogP contribution in [0.3, 0.4) is 0 Å². The molecule has 160 valence electrons. The molecule has 0 radical (unpaired) electrons. The Morgan fingerprint density at radius 1 is 1.17 bits per heavy atom. The summed E-state index contributed by atoms with van der Waals surface area (Å²) in [5.74, 6) is 0.177. The van der Waals surface area contributed by atoms with Crippen LogP contribution in [-0.4, -0.2) is 39.3 Å². The first-order valence-electron chi connectivity index (χ1n) is 9.87. The Morgan fingerprint density at radius 2 is 1.97 bits per heavy atom. The number of carbonyl (C=O) groups is 1. The van der Waals surface area contributed by atoms with Crippen molar-refractivity contribution in [3.8, 4) is 0 Å². The number of hydrogen-bond donors (Lipinski definition) is 2. The number of halogens is 1. The largest absolute Gasteiger partial charge is 0.377 e. The van der Waals surface area contributed by atoms with Gasteiger partial charge in [-0.05, 0) is 67.3 Å². The number of sulfonamides is 1. The number of benzene rings is 2. The van der Waals surface area contributed by atoms with Crippen molar-refractivity contribution in [1.82, 2.24) is 10.0 Å². The molecule has 30 heavy (non-hydrogen) atoms. The number of carbonyl (C=O) groups excluding carboxylic acids is 1. The minimum atomic E-state index is -3.67. The molecule has 0 spiro atoms. The third-order valence-electron chi connectivity index (χ3n) is 5.27. The second kappa shape index (κ2) is 9.05. The summed E-state index contributed by atoms with van der Waals surface area (Å²) in [5.41, 5.74) is 1.13. The second-order valence-electron chi connectivity index (χ2n) is 7.36. The fraction of sp³-hybridized carbons (Fsp3) is 0.381. The van der Waals surface area contributed by atoms with Crippen molar-refractivity contribution < 1.29 is 22.3 Å². The van der Waals surface area contributed by atoms with Crippen molar-refractivity contribution in [2.75, 3.05) is 18.9 Å². The molecule has 0 aliphatic carbocycles. The zero-order valence-corrected chi connectivity index (χ0v) is 17.9. The van der Waals surface area contributed by atoms with Crippen molar-refractivity contribution in [2.45, 2.75) is 41.2 Å². The van der Waals surface area contributed by atoms with Gasteiger partial charge < -0.3 is 10.1 Å². The summed E-state index contributed by atoms with van der Waals surface area (Å²) >= 11 is 1.64. The van der Waals surface area contributed by atoms with E-state index in [0.29, 0.717) is 18.6 Å². The SMILES string of the molecule is O=C(N[C@H]1CCSc2ccc(F)cc21)c1ccc(S(=O)(=O)NC[C@H]2CCCO2)cc1. The first kappa shape index (κ1) is 21.3. The lowest BCUT2D eigenvalue weighted by Crippen LogP contribution is -2.32. The highest BCUT2D eigenvalue weighted by Gasteiger charge is 2.24. The van der Waals surface area contributed by atoms with Gasteiger partial charge in [0.25, 0.3) is 5.91 Å². The molecule has 2 aromatic carbocycles. The molecule has 1 saturated heterocycles. The molecule has 0 bridgehead atoms. The minimum Gasteiger partial charge on any atom is -0.377 e. The molecule has 0 unspecified atom stereocenters. The fourth-order valence-electron chi connectivity index (χ4n) is 3.63. The number of thioether (sulfide) groups is 1. The lowest BCUT2D eigenvalue weighted by Gasteiger charge is -2.26. The highest BCUT2D eigenvalue weighted by Crippen LogP contribution is 2.36. The zero-order chi connectivity index (χ0) is 21.1. The molecule has 6 nitrogen and oxygen atoms in total. The minimum absolute atomic E-state index is 0.0915. The topological polar surface area (TPSA) is 84.5 Å². The third kappa shape index (κ3) is 4.85. The summed E-state index contributed by atoms with van der Waals surface area (Å²) in [6, 6.07) is 10.1. The quantitative estimate of drug-likeness (QED) is 0.706. The average Bonchev–Trinajstić information content (AvgIpc) is 3.27. The summed E-state index contributed by atoms with van der Waals surface area (Å²) in [4.78, 5) is 13.7. The Labute approximate surface area is 179 Å². The van der Waals surface area contributed by atoms with Crippen LogP contribution < -0.4 is 10.0 Å². The van der Waals surface area contributed by atoms with Crippen molar-refractivity contribution in [1.29, 1.82) is 0 Å². The Hall–Kier alpha value is -1.94. The standard InChI is InChI=1S/C21H23FN2O4S2/c22-15-5-8-20-18(12-15)19(9-11-29-20)24-21(25)14-3-6-17(7-4-14)30(26,27)23-13-16-2-1-10-28-16/h3-8,12,16,19,23H,1-2,9-11,13H2,(H,24,25)/t16-,19+/m1/s1. The molecule has 2 aliphatic rings. The first-order valence-corrected chi connectivity index (χ1v) is 12.3. The van der Waals surface area contributed by atoms with Gasteiger partial charge in [0.15, 0.2) is 0 Å². The predicted octanol–water partition coefficient (Wildman–Crippen LogP) is 3.25. The van der Waals surface area contributed by atoms with Crippen LogP contribution in [0.4, 0.5) is 4.39 Å². The summed E-state index contributed by atoms with van der Waals surface area (Å²) < 4.78 is 46.5. The maximum absolute atomic E-state index is 13.7. The van der Waals surface area contributed by atoms with Crippen molar-refractivity contribution in [2.24, 2.45) is 0 Å². The molecular weight excluding hydrogens is 427 g/mol. The van der Waals surface area contributed by atoms with Gasteiger partial charge in [-0.3, -0.25) is 4.79 Å².